The highest BCUT2D eigenvalue weighted by Crippen LogP contribution is 2.22. The first-order valence-corrected chi connectivity index (χ1v) is 8.49. The van der Waals surface area contributed by atoms with Crippen molar-refractivity contribution in [2.24, 2.45) is 11.7 Å². The molecule has 0 aliphatic carbocycles. The zero-order valence-corrected chi connectivity index (χ0v) is 13.1. The van der Waals surface area contributed by atoms with Crippen LogP contribution in [-0.2, 0) is 10.2 Å². The first-order chi connectivity index (χ1) is 8.64. The summed E-state index contributed by atoms with van der Waals surface area (Å²) in [6, 6.07) is 0. The van der Waals surface area contributed by atoms with Crippen molar-refractivity contribution in [3.8, 4) is 0 Å². The molecule has 2 aliphatic rings. The van der Waals surface area contributed by atoms with Gasteiger partial charge in [-0.1, -0.05) is 12.8 Å². The highest BCUT2D eigenvalue weighted by molar-refractivity contribution is 7.86. The Bertz CT molecular complexity index is 348. The third kappa shape index (κ3) is 4.29. The minimum atomic E-state index is -3.21. The van der Waals surface area contributed by atoms with Crippen LogP contribution in [0, 0.1) is 5.92 Å². The molecule has 0 aromatic heterocycles. The summed E-state index contributed by atoms with van der Waals surface area (Å²) in [4.78, 5) is 0. The van der Waals surface area contributed by atoms with Gasteiger partial charge in [0, 0.05) is 26.2 Å². The van der Waals surface area contributed by atoms with Gasteiger partial charge in [0.05, 0.1) is 0 Å². The molecule has 0 aromatic rings. The van der Waals surface area contributed by atoms with Gasteiger partial charge in [0.25, 0.3) is 10.2 Å². The second kappa shape index (κ2) is 7.78. The van der Waals surface area contributed by atoms with Crippen molar-refractivity contribution in [2.75, 3.05) is 32.7 Å². The lowest BCUT2D eigenvalue weighted by Crippen LogP contribution is -2.48. The zero-order valence-electron chi connectivity index (χ0n) is 11.5. The number of hydrogen-bond donors (Lipinski definition) is 1. The normalized spacial score (nSPS) is 24.7. The Labute approximate surface area is 123 Å². The summed E-state index contributed by atoms with van der Waals surface area (Å²) >= 11 is 0. The summed E-state index contributed by atoms with van der Waals surface area (Å²) in [5, 5.41) is 0. The minimum absolute atomic E-state index is 0. The molecular formula is C12H26ClN3O2S. The van der Waals surface area contributed by atoms with Crippen molar-refractivity contribution in [3.05, 3.63) is 0 Å². The van der Waals surface area contributed by atoms with Gasteiger partial charge in [0.1, 0.15) is 0 Å². The molecule has 2 rings (SSSR count). The molecule has 2 aliphatic heterocycles. The van der Waals surface area contributed by atoms with Crippen LogP contribution in [0.2, 0.25) is 0 Å². The molecular weight excluding hydrogens is 286 g/mol. The van der Waals surface area contributed by atoms with Gasteiger partial charge in [-0.15, -0.1) is 12.4 Å². The number of hydrogen-bond acceptors (Lipinski definition) is 3. The molecule has 5 nitrogen and oxygen atoms in total. The number of rotatable bonds is 3. The molecule has 0 amide bonds. The highest BCUT2D eigenvalue weighted by Gasteiger charge is 2.32. The molecule has 0 atom stereocenters. The fourth-order valence-corrected chi connectivity index (χ4v) is 4.53. The first-order valence-electron chi connectivity index (χ1n) is 7.10. The first kappa shape index (κ1) is 17.2. The van der Waals surface area contributed by atoms with E-state index in [9.17, 15) is 8.42 Å². The molecule has 0 bridgehead atoms. The number of piperidine rings is 1. The van der Waals surface area contributed by atoms with Crippen molar-refractivity contribution >= 4 is 22.6 Å². The largest absolute Gasteiger partial charge is 0.330 e. The summed E-state index contributed by atoms with van der Waals surface area (Å²) in [7, 11) is -3.21. The van der Waals surface area contributed by atoms with Crippen molar-refractivity contribution in [2.45, 2.75) is 38.5 Å². The van der Waals surface area contributed by atoms with Crippen molar-refractivity contribution in [3.63, 3.8) is 0 Å². The topological polar surface area (TPSA) is 66.6 Å². The number of nitrogens with zero attached hydrogens (tertiary/aromatic N) is 2. The lowest BCUT2D eigenvalue weighted by atomic mass is 9.99. The molecule has 2 N–H and O–H groups in total. The summed E-state index contributed by atoms with van der Waals surface area (Å²) in [6.45, 7) is 3.34. The van der Waals surface area contributed by atoms with Crippen LogP contribution in [0.1, 0.15) is 38.5 Å². The van der Waals surface area contributed by atoms with Crippen LogP contribution >= 0.6 is 12.4 Å². The van der Waals surface area contributed by atoms with E-state index in [2.05, 4.69) is 0 Å². The smallest absolute Gasteiger partial charge is 0.281 e. The van der Waals surface area contributed by atoms with E-state index in [1.54, 1.807) is 8.61 Å². The lowest BCUT2D eigenvalue weighted by molar-refractivity contribution is 0.258. The van der Waals surface area contributed by atoms with Gasteiger partial charge in [-0.05, 0) is 38.1 Å². The number of halogens is 1. The maximum absolute atomic E-state index is 12.5. The minimum Gasteiger partial charge on any atom is -0.330 e. The van der Waals surface area contributed by atoms with Gasteiger partial charge >= 0.3 is 0 Å². The van der Waals surface area contributed by atoms with Crippen LogP contribution in [0.3, 0.4) is 0 Å². The molecule has 2 saturated heterocycles. The summed E-state index contributed by atoms with van der Waals surface area (Å²) in [5.74, 6) is 0.501. The molecule has 0 unspecified atom stereocenters. The molecule has 19 heavy (non-hydrogen) atoms. The Morgan fingerprint density at radius 1 is 0.895 bits per heavy atom. The van der Waals surface area contributed by atoms with Crippen LogP contribution in [0.4, 0.5) is 0 Å². The molecule has 2 heterocycles. The van der Waals surface area contributed by atoms with Gasteiger partial charge < -0.3 is 5.73 Å². The van der Waals surface area contributed by atoms with Gasteiger partial charge in [0.2, 0.25) is 0 Å². The predicted octanol–water partition coefficient (Wildman–Crippen LogP) is 1.20. The van der Waals surface area contributed by atoms with E-state index in [-0.39, 0.29) is 12.4 Å². The Morgan fingerprint density at radius 3 is 1.84 bits per heavy atom. The second-order valence-corrected chi connectivity index (χ2v) is 7.33. The summed E-state index contributed by atoms with van der Waals surface area (Å²) in [6.07, 6.45) is 6.12. The maximum Gasteiger partial charge on any atom is 0.281 e. The third-order valence-electron chi connectivity index (χ3n) is 4.12. The third-order valence-corrected chi connectivity index (χ3v) is 6.16. The van der Waals surface area contributed by atoms with E-state index in [4.69, 9.17) is 5.73 Å². The summed E-state index contributed by atoms with van der Waals surface area (Å²) < 4.78 is 28.4. The SMILES string of the molecule is Cl.NCC1CCN(S(=O)(=O)N2CCCCCC2)CC1. The van der Waals surface area contributed by atoms with Crippen molar-refractivity contribution < 1.29 is 8.42 Å². The van der Waals surface area contributed by atoms with Crippen LogP contribution in [0.15, 0.2) is 0 Å². The Kier molecular flexibility index (Phi) is 7.04. The molecule has 114 valence electrons. The monoisotopic (exact) mass is 311 g/mol. The summed E-state index contributed by atoms with van der Waals surface area (Å²) in [5.41, 5.74) is 5.64. The van der Waals surface area contributed by atoms with E-state index in [0.29, 0.717) is 38.6 Å². The molecule has 0 saturated carbocycles. The second-order valence-electron chi connectivity index (χ2n) is 5.40. The lowest BCUT2D eigenvalue weighted by Gasteiger charge is -2.34. The quantitative estimate of drug-likeness (QED) is 0.851. The van der Waals surface area contributed by atoms with E-state index in [1.807, 2.05) is 0 Å². The van der Waals surface area contributed by atoms with E-state index >= 15 is 0 Å². The van der Waals surface area contributed by atoms with Crippen LogP contribution in [-0.4, -0.2) is 49.8 Å². The number of nitrogens with two attached hydrogens (primary N) is 1. The van der Waals surface area contributed by atoms with Crippen molar-refractivity contribution in [1.29, 1.82) is 0 Å². The fourth-order valence-electron chi connectivity index (χ4n) is 2.81. The Morgan fingerprint density at radius 2 is 1.37 bits per heavy atom. The zero-order chi connectivity index (χ0) is 13.0. The molecule has 7 heteroatoms. The van der Waals surface area contributed by atoms with E-state index in [1.165, 1.54) is 0 Å². The average Bonchev–Trinajstić information content (AvgIpc) is 2.68. The average molecular weight is 312 g/mol. The van der Waals surface area contributed by atoms with Crippen LogP contribution in [0.5, 0.6) is 0 Å². The molecule has 2 fully saturated rings. The van der Waals surface area contributed by atoms with Gasteiger partial charge in [-0.3, -0.25) is 0 Å². The Balaban J connectivity index is 0.00000180. The predicted molar refractivity (Wildman–Crippen MR) is 79.6 cm³/mol. The maximum atomic E-state index is 12.5. The van der Waals surface area contributed by atoms with Crippen molar-refractivity contribution in [1.82, 2.24) is 8.61 Å². The van der Waals surface area contributed by atoms with Gasteiger partial charge in [0.15, 0.2) is 0 Å². The van der Waals surface area contributed by atoms with Crippen LogP contribution < -0.4 is 5.73 Å². The Hall–Kier alpha value is 0.120. The van der Waals surface area contributed by atoms with Crippen LogP contribution in [0.25, 0.3) is 0 Å². The molecule has 0 spiro atoms. The molecule has 0 radical (unpaired) electrons. The van der Waals surface area contributed by atoms with E-state index < -0.39 is 10.2 Å². The molecule has 0 aromatic carbocycles. The van der Waals surface area contributed by atoms with E-state index in [0.717, 1.165) is 38.5 Å². The van der Waals surface area contributed by atoms with Gasteiger partial charge in [-0.2, -0.15) is 17.0 Å². The highest BCUT2D eigenvalue weighted by atomic mass is 35.5. The standard InChI is InChI=1S/C12H25N3O2S.ClH/c13-11-12-5-9-15(10-6-12)18(16,17)14-7-3-1-2-4-8-14;/h12H,1-11,13H2;1H. The fraction of sp³-hybridized carbons (Fsp3) is 1.00. The van der Waals surface area contributed by atoms with Gasteiger partial charge in [-0.25, -0.2) is 0 Å².